The zero-order valence-corrected chi connectivity index (χ0v) is 29.0. The smallest absolute Gasteiger partial charge is 0.339 e. The van der Waals surface area contributed by atoms with Crippen LogP contribution in [-0.2, 0) is 14.3 Å². The Bertz CT molecular complexity index is 1400. The molecule has 7 unspecified atom stereocenters. The third-order valence-electron chi connectivity index (χ3n) is 16.3. The summed E-state index contributed by atoms with van der Waals surface area (Å²) < 4.78 is 13.2. The minimum Gasteiger partial charge on any atom is -0.458 e. The van der Waals surface area contributed by atoms with E-state index in [0.717, 1.165) is 51.4 Å². The average molecular weight is 633 g/mol. The summed E-state index contributed by atoms with van der Waals surface area (Å²) in [5, 5.41) is 12.5. The maximum Gasteiger partial charge on any atom is 0.339 e. The Morgan fingerprint density at radius 3 is 2.46 bits per heavy atom. The molecule has 1 N–H and O–H groups in total. The molecule has 7 aliphatic rings. The number of esters is 1. The number of pyridine rings is 1. The summed E-state index contributed by atoms with van der Waals surface area (Å²) in [6.45, 7) is 14.4. The Morgan fingerprint density at radius 2 is 1.78 bits per heavy atom. The van der Waals surface area contributed by atoms with Crippen molar-refractivity contribution in [2.75, 3.05) is 6.54 Å². The van der Waals surface area contributed by atoms with Crippen LogP contribution in [0.1, 0.15) is 123 Å². The number of amides is 1. The van der Waals surface area contributed by atoms with Gasteiger partial charge in [0.15, 0.2) is 0 Å². The number of carbonyl (C=O) groups is 2. The lowest BCUT2D eigenvalue weighted by Gasteiger charge is -2.63. The van der Waals surface area contributed by atoms with Crippen molar-refractivity contribution < 1.29 is 24.2 Å². The Labute approximate surface area is 275 Å². The fourth-order valence-electron chi connectivity index (χ4n) is 13.8. The average Bonchev–Trinajstić information content (AvgIpc) is 3.62. The molecule has 7 nitrogen and oxygen atoms in total. The first kappa shape index (κ1) is 31.3. The van der Waals surface area contributed by atoms with Crippen molar-refractivity contribution in [3.63, 3.8) is 0 Å². The quantitative estimate of drug-likeness (QED) is 0.359. The van der Waals surface area contributed by atoms with Crippen molar-refractivity contribution in [3.8, 4) is 0 Å². The second-order valence-electron chi connectivity index (χ2n) is 18.0. The van der Waals surface area contributed by atoms with Gasteiger partial charge < -0.3 is 19.5 Å². The van der Waals surface area contributed by atoms with Crippen molar-refractivity contribution in [2.45, 2.75) is 143 Å². The predicted molar refractivity (Wildman–Crippen MR) is 175 cm³/mol. The molecule has 1 aliphatic heterocycles. The minimum absolute atomic E-state index is 0.00910. The van der Waals surface area contributed by atoms with Gasteiger partial charge in [-0.05, 0) is 123 Å². The van der Waals surface area contributed by atoms with Crippen LogP contribution >= 0.6 is 0 Å². The molecule has 6 aliphatic carbocycles. The molecule has 46 heavy (non-hydrogen) atoms. The highest BCUT2D eigenvalue weighted by molar-refractivity contribution is 5.89. The van der Waals surface area contributed by atoms with E-state index in [2.05, 4.69) is 44.5 Å². The van der Waals surface area contributed by atoms with Gasteiger partial charge in [0.2, 0.25) is 5.91 Å². The Balaban J connectivity index is 1.04. The number of aliphatic hydroxyl groups excluding tert-OH is 1. The van der Waals surface area contributed by atoms with E-state index < -0.39 is 6.10 Å². The molecule has 7 heteroatoms. The van der Waals surface area contributed by atoms with Gasteiger partial charge in [0.25, 0.3) is 0 Å². The van der Waals surface area contributed by atoms with Crippen LogP contribution in [0.3, 0.4) is 0 Å². The van der Waals surface area contributed by atoms with E-state index in [4.69, 9.17) is 9.47 Å². The number of aliphatic hydroxyl groups is 1. The second-order valence-corrected chi connectivity index (χ2v) is 18.0. The Morgan fingerprint density at radius 1 is 1.04 bits per heavy atom. The molecular formula is C39H56N2O5. The van der Waals surface area contributed by atoms with Gasteiger partial charge >= 0.3 is 5.97 Å². The van der Waals surface area contributed by atoms with E-state index in [0.29, 0.717) is 41.8 Å². The van der Waals surface area contributed by atoms with Crippen molar-refractivity contribution in [1.82, 2.24) is 9.88 Å². The summed E-state index contributed by atoms with van der Waals surface area (Å²) in [5.74, 6) is 1.66. The lowest BCUT2D eigenvalue weighted by molar-refractivity contribution is -0.183. The number of aromatic nitrogens is 1. The van der Waals surface area contributed by atoms with Crippen LogP contribution in [0.25, 0.3) is 0 Å². The first-order valence-corrected chi connectivity index (χ1v) is 18.5. The first-order chi connectivity index (χ1) is 21.8. The fourth-order valence-corrected chi connectivity index (χ4v) is 13.8. The summed E-state index contributed by atoms with van der Waals surface area (Å²) in [6, 6.07) is 3.94. The lowest BCUT2D eigenvalue weighted by Crippen LogP contribution is -2.60. The summed E-state index contributed by atoms with van der Waals surface area (Å²) in [6.07, 6.45) is 14.8. The van der Waals surface area contributed by atoms with Gasteiger partial charge in [0, 0.05) is 42.7 Å². The number of rotatable bonds is 5. The molecule has 1 aromatic rings. The molecule has 2 spiro atoms. The molecule has 0 bridgehead atoms. The van der Waals surface area contributed by atoms with Crippen molar-refractivity contribution in [1.29, 1.82) is 0 Å². The first-order valence-electron chi connectivity index (χ1n) is 18.5. The monoisotopic (exact) mass is 632 g/mol. The predicted octanol–water partition coefficient (Wildman–Crippen LogP) is 6.82. The molecule has 6 saturated carbocycles. The van der Waals surface area contributed by atoms with Crippen LogP contribution in [-0.4, -0.2) is 63.9 Å². The van der Waals surface area contributed by atoms with Crippen LogP contribution in [0.4, 0.5) is 0 Å². The highest BCUT2D eigenvalue weighted by Gasteiger charge is 2.84. The van der Waals surface area contributed by atoms with E-state index in [9.17, 15) is 14.7 Å². The molecule has 7 fully saturated rings. The summed E-state index contributed by atoms with van der Waals surface area (Å²) in [5.41, 5.74) is 0.759. The van der Waals surface area contributed by atoms with E-state index in [1.807, 2.05) is 0 Å². The third kappa shape index (κ3) is 3.93. The minimum atomic E-state index is -0.497. The standard InChI is InChI=1S/C39H56N2O5/c1-23-19-27(21-41(24(2)42)26-10-7-11-26)45-32-31(23)36(5)16-17-39-22-38(39)15-14-30(46-34(44)25-9-8-18-40-20-25)35(3,4)28(38)12-13-29(39)37(36,6)33(32)43/h8-9,18,20,23,26-33,43H,7,10-17,19,21-22H2,1-6H3/t23-,27?,28+,29?,30?,31+,32?,33+,36?,37-,38?,39?/m1/s1. The third-order valence-corrected chi connectivity index (χ3v) is 16.3. The highest BCUT2D eigenvalue weighted by Crippen LogP contribution is 2.89. The Kier molecular flexibility index (Phi) is 6.98. The van der Waals surface area contributed by atoms with Crippen LogP contribution in [0.15, 0.2) is 24.5 Å². The van der Waals surface area contributed by atoms with E-state index in [-0.39, 0.29) is 57.3 Å². The van der Waals surface area contributed by atoms with Crippen molar-refractivity contribution >= 4 is 11.9 Å². The molecule has 1 saturated heterocycles. The number of fused-ring (bicyclic) bond motifs is 4. The van der Waals surface area contributed by atoms with Gasteiger partial charge in [-0.3, -0.25) is 9.78 Å². The molecule has 2 heterocycles. The van der Waals surface area contributed by atoms with Gasteiger partial charge in [-0.15, -0.1) is 0 Å². The maximum atomic E-state index is 13.1. The highest BCUT2D eigenvalue weighted by atomic mass is 16.5. The summed E-state index contributed by atoms with van der Waals surface area (Å²) in [4.78, 5) is 31.9. The second kappa shape index (κ2) is 10.3. The molecular weight excluding hydrogens is 576 g/mol. The van der Waals surface area contributed by atoms with Crippen LogP contribution in [0.2, 0.25) is 0 Å². The van der Waals surface area contributed by atoms with Crippen molar-refractivity contribution in [2.24, 2.45) is 50.7 Å². The van der Waals surface area contributed by atoms with Crippen LogP contribution in [0.5, 0.6) is 0 Å². The maximum absolute atomic E-state index is 13.1. The largest absolute Gasteiger partial charge is 0.458 e. The number of hydrogen-bond acceptors (Lipinski definition) is 6. The number of carbonyl (C=O) groups excluding carboxylic acids is 2. The van der Waals surface area contributed by atoms with E-state index in [1.165, 1.54) is 19.3 Å². The van der Waals surface area contributed by atoms with Gasteiger partial charge in [0.05, 0.1) is 23.9 Å². The van der Waals surface area contributed by atoms with Crippen LogP contribution in [0, 0.1) is 50.7 Å². The molecule has 0 radical (unpaired) electrons. The van der Waals surface area contributed by atoms with Gasteiger partial charge in [-0.2, -0.15) is 0 Å². The number of nitrogens with zero attached hydrogens (tertiary/aromatic N) is 2. The zero-order valence-electron chi connectivity index (χ0n) is 29.0. The Hall–Kier alpha value is -1.99. The van der Waals surface area contributed by atoms with Crippen molar-refractivity contribution in [3.05, 3.63) is 30.1 Å². The summed E-state index contributed by atoms with van der Waals surface area (Å²) >= 11 is 0. The number of hydrogen-bond donors (Lipinski definition) is 1. The molecule has 8 rings (SSSR count). The zero-order chi connectivity index (χ0) is 32.4. The topological polar surface area (TPSA) is 89.0 Å². The fraction of sp³-hybridized carbons (Fsp3) is 0.821. The molecule has 12 atom stereocenters. The van der Waals surface area contributed by atoms with E-state index in [1.54, 1.807) is 31.5 Å². The van der Waals surface area contributed by atoms with Gasteiger partial charge in [0.1, 0.15) is 6.10 Å². The molecule has 252 valence electrons. The van der Waals surface area contributed by atoms with Gasteiger partial charge in [-0.25, -0.2) is 4.79 Å². The summed E-state index contributed by atoms with van der Waals surface area (Å²) in [7, 11) is 0. The van der Waals surface area contributed by atoms with Gasteiger partial charge in [-0.1, -0.05) is 34.6 Å². The lowest BCUT2D eigenvalue weighted by atomic mass is 9.41. The number of ether oxygens (including phenoxy) is 2. The molecule has 1 amide bonds. The SMILES string of the molecule is CC(=O)N(CC1C[C@@H](C)[C@H]2C(O1)[C@H](O)[C@@]1(C)C3CC[C@H]4C(C)(C)C(OC(=O)c5cccnc5)CCC45CC35CCC21C)C1CCC1. The normalized spacial score (nSPS) is 48.4. The molecule has 0 aromatic carbocycles. The molecule has 1 aromatic heterocycles. The van der Waals surface area contributed by atoms with Crippen LogP contribution < -0.4 is 0 Å². The van der Waals surface area contributed by atoms with E-state index >= 15 is 0 Å².